The lowest BCUT2D eigenvalue weighted by molar-refractivity contribution is -0.126. The van der Waals surface area contributed by atoms with Gasteiger partial charge in [0.15, 0.2) is 0 Å². The molecule has 2 aromatic rings. The summed E-state index contributed by atoms with van der Waals surface area (Å²) < 4.78 is 0.914. The van der Waals surface area contributed by atoms with Crippen LogP contribution in [0.1, 0.15) is 24.8 Å². The van der Waals surface area contributed by atoms with Crippen LogP contribution in [0.25, 0.3) is 0 Å². The zero-order valence-corrected chi connectivity index (χ0v) is 17.2. The molecule has 6 nitrogen and oxygen atoms in total. The molecule has 2 saturated heterocycles. The van der Waals surface area contributed by atoms with Crippen molar-refractivity contribution < 1.29 is 9.59 Å². The van der Waals surface area contributed by atoms with Gasteiger partial charge in [-0.05, 0) is 48.7 Å². The quantitative estimate of drug-likeness (QED) is 0.772. The molecule has 4 rings (SSSR count). The number of carbonyl (C=O) groups is 2. The second-order valence-electron chi connectivity index (χ2n) is 7.32. The smallest absolute Gasteiger partial charge is 0.227 e. The van der Waals surface area contributed by atoms with E-state index in [2.05, 4.69) is 31.1 Å². The van der Waals surface area contributed by atoms with E-state index < -0.39 is 0 Å². The molecule has 2 aliphatic heterocycles. The maximum atomic E-state index is 12.6. The minimum Gasteiger partial charge on any atom is -0.357 e. The summed E-state index contributed by atoms with van der Waals surface area (Å²) in [5.74, 6) is 0.552. The van der Waals surface area contributed by atoms with Crippen LogP contribution in [0.5, 0.6) is 0 Å². The molecule has 0 aliphatic carbocycles. The van der Waals surface area contributed by atoms with E-state index in [0.29, 0.717) is 13.1 Å². The molecule has 0 bridgehead atoms. The van der Waals surface area contributed by atoms with Crippen molar-refractivity contribution in [2.45, 2.75) is 25.8 Å². The molecule has 28 heavy (non-hydrogen) atoms. The van der Waals surface area contributed by atoms with Crippen molar-refractivity contribution in [1.82, 2.24) is 10.3 Å². The molecule has 0 unspecified atom stereocenters. The average molecular weight is 443 g/mol. The van der Waals surface area contributed by atoms with Crippen molar-refractivity contribution in [2.24, 2.45) is 5.92 Å². The van der Waals surface area contributed by atoms with Crippen LogP contribution in [0, 0.1) is 5.92 Å². The third-order valence-electron chi connectivity index (χ3n) is 5.32. The maximum Gasteiger partial charge on any atom is 0.227 e. The normalized spacial score (nSPS) is 19.3. The summed E-state index contributed by atoms with van der Waals surface area (Å²) in [6.45, 7) is 2.94. The average Bonchev–Trinajstić information content (AvgIpc) is 3.36. The number of amides is 2. The molecule has 1 N–H and O–H groups in total. The van der Waals surface area contributed by atoms with Crippen molar-refractivity contribution in [1.29, 1.82) is 0 Å². The zero-order valence-electron chi connectivity index (χ0n) is 15.6. The molecule has 0 radical (unpaired) electrons. The summed E-state index contributed by atoms with van der Waals surface area (Å²) >= 11 is 3.43. The molecule has 0 spiro atoms. The largest absolute Gasteiger partial charge is 0.357 e. The van der Waals surface area contributed by atoms with Gasteiger partial charge in [0.2, 0.25) is 11.8 Å². The highest BCUT2D eigenvalue weighted by molar-refractivity contribution is 9.10. The second kappa shape index (κ2) is 8.31. The van der Waals surface area contributed by atoms with Gasteiger partial charge in [0.1, 0.15) is 5.82 Å². The lowest BCUT2D eigenvalue weighted by atomic mass is 10.1. The van der Waals surface area contributed by atoms with E-state index in [9.17, 15) is 9.59 Å². The Morgan fingerprint density at radius 3 is 2.82 bits per heavy atom. The number of nitrogens with one attached hydrogen (secondary N) is 1. The fourth-order valence-electron chi connectivity index (χ4n) is 3.80. The number of benzene rings is 1. The van der Waals surface area contributed by atoms with E-state index in [-0.39, 0.29) is 24.2 Å². The Kier molecular flexibility index (Phi) is 5.62. The summed E-state index contributed by atoms with van der Waals surface area (Å²) in [5, 5.41) is 2.99. The predicted octanol–water partition coefficient (Wildman–Crippen LogP) is 3.11. The number of rotatable bonds is 5. The van der Waals surface area contributed by atoms with Crippen LogP contribution in [-0.2, 0) is 16.1 Å². The van der Waals surface area contributed by atoms with E-state index in [1.807, 2.05) is 36.4 Å². The Morgan fingerprint density at radius 1 is 1.21 bits per heavy atom. The van der Waals surface area contributed by atoms with Crippen LogP contribution in [0.3, 0.4) is 0 Å². The molecule has 0 saturated carbocycles. The Labute approximate surface area is 173 Å². The number of hydrogen-bond donors (Lipinski definition) is 1. The molecular weight excluding hydrogens is 420 g/mol. The highest BCUT2D eigenvalue weighted by atomic mass is 79.9. The molecular formula is C21H23BrN4O2. The maximum absolute atomic E-state index is 12.6. The molecule has 1 aromatic carbocycles. The van der Waals surface area contributed by atoms with Gasteiger partial charge in [-0.15, -0.1) is 0 Å². The van der Waals surface area contributed by atoms with Gasteiger partial charge in [-0.25, -0.2) is 4.98 Å². The Hall–Kier alpha value is -2.41. The summed E-state index contributed by atoms with van der Waals surface area (Å²) in [6, 6.07) is 11.6. The van der Waals surface area contributed by atoms with E-state index in [4.69, 9.17) is 0 Å². The standard InChI is InChI=1S/C21H23BrN4O2/c22-17-4-3-5-18(12-17)26-14-16(11-20(26)27)21(28)24-13-15-6-7-23-19(10-15)25-8-1-2-9-25/h3-7,10,12,16H,1-2,8-9,11,13-14H2,(H,24,28)/t16-/m0/s1. The first kappa shape index (κ1) is 18.9. The zero-order chi connectivity index (χ0) is 19.5. The van der Waals surface area contributed by atoms with Gasteiger partial charge in [0.25, 0.3) is 0 Å². The number of anilines is 2. The second-order valence-corrected chi connectivity index (χ2v) is 8.24. The molecule has 2 amide bonds. The van der Waals surface area contributed by atoms with Crippen molar-refractivity contribution in [3.63, 3.8) is 0 Å². The summed E-state index contributed by atoms with van der Waals surface area (Å²) in [6.07, 6.45) is 4.44. The SMILES string of the molecule is O=C(NCc1ccnc(N2CCCC2)c1)[C@H]1CC(=O)N(c2cccc(Br)c2)C1. The van der Waals surface area contributed by atoms with Crippen LogP contribution in [0.2, 0.25) is 0 Å². The van der Waals surface area contributed by atoms with Crippen molar-refractivity contribution in [3.05, 3.63) is 52.6 Å². The first-order valence-corrected chi connectivity index (χ1v) is 10.4. The van der Waals surface area contributed by atoms with Crippen LogP contribution in [0.4, 0.5) is 11.5 Å². The van der Waals surface area contributed by atoms with Gasteiger partial charge < -0.3 is 15.1 Å². The van der Waals surface area contributed by atoms with Crippen molar-refractivity contribution in [2.75, 3.05) is 29.4 Å². The fourth-order valence-corrected chi connectivity index (χ4v) is 4.19. The minimum atomic E-state index is -0.327. The first-order valence-electron chi connectivity index (χ1n) is 9.64. The number of carbonyl (C=O) groups excluding carboxylic acids is 2. The van der Waals surface area contributed by atoms with Crippen LogP contribution >= 0.6 is 15.9 Å². The van der Waals surface area contributed by atoms with Crippen LogP contribution < -0.4 is 15.1 Å². The number of hydrogen-bond acceptors (Lipinski definition) is 4. The number of aromatic nitrogens is 1. The van der Waals surface area contributed by atoms with Gasteiger partial charge in [-0.1, -0.05) is 22.0 Å². The van der Waals surface area contributed by atoms with E-state index in [0.717, 1.165) is 34.6 Å². The van der Waals surface area contributed by atoms with Gasteiger partial charge in [-0.3, -0.25) is 9.59 Å². The predicted molar refractivity (Wildman–Crippen MR) is 112 cm³/mol. The van der Waals surface area contributed by atoms with Crippen LogP contribution in [-0.4, -0.2) is 36.4 Å². The number of pyridine rings is 1. The monoisotopic (exact) mass is 442 g/mol. The third kappa shape index (κ3) is 4.19. The highest BCUT2D eigenvalue weighted by Crippen LogP contribution is 2.27. The molecule has 146 valence electrons. The Morgan fingerprint density at radius 2 is 2.04 bits per heavy atom. The molecule has 2 aliphatic rings. The highest BCUT2D eigenvalue weighted by Gasteiger charge is 2.35. The third-order valence-corrected chi connectivity index (χ3v) is 5.82. The number of nitrogens with zero attached hydrogens (tertiary/aromatic N) is 3. The van der Waals surface area contributed by atoms with Crippen LogP contribution in [0.15, 0.2) is 47.1 Å². The van der Waals surface area contributed by atoms with E-state index >= 15 is 0 Å². The molecule has 3 heterocycles. The number of halogens is 1. The van der Waals surface area contributed by atoms with Gasteiger partial charge in [0, 0.05) is 49.0 Å². The first-order chi connectivity index (χ1) is 13.6. The van der Waals surface area contributed by atoms with Gasteiger partial charge in [0.05, 0.1) is 5.92 Å². The van der Waals surface area contributed by atoms with Crippen molar-refractivity contribution >= 4 is 39.2 Å². The molecule has 1 atom stereocenters. The molecule has 7 heteroatoms. The topological polar surface area (TPSA) is 65.5 Å². The lowest BCUT2D eigenvalue weighted by Gasteiger charge is -2.18. The minimum absolute atomic E-state index is 0.0153. The van der Waals surface area contributed by atoms with E-state index in [1.165, 1.54) is 12.8 Å². The van der Waals surface area contributed by atoms with Crippen molar-refractivity contribution in [3.8, 4) is 0 Å². The molecule has 2 fully saturated rings. The summed E-state index contributed by atoms with van der Waals surface area (Å²) in [4.78, 5) is 33.4. The Bertz CT molecular complexity index is 882. The summed E-state index contributed by atoms with van der Waals surface area (Å²) in [7, 11) is 0. The Balaban J connectivity index is 1.35. The van der Waals surface area contributed by atoms with E-state index in [1.54, 1.807) is 11.1 Å². The fraction of sp³-hybridized carbons (Fsp3) is 0.381. The summed E-state index contributed by atoms with van der Waals surface area (Å²) in [5.41, 5.74) is 1.84. The van der Waals surface area contributed by atoms with Gasteiger partial charge >= 0.3 is 0 Å². The molecule has 1 aromatic heterocycles. The van der Waals surface area contributed by atoms with Gasteiger partial charge in [-0.2, -0.15) is 0 Å². The lowest BCUT2D eigenvalue weighted by Crippen LogP contribution is -2.32.